The molecule has 0 bridgehead atoms. The minimum atomic E-state index is -0.533. The van der Waals surface area contributed by atoms with Gasteiger partial charge in [-0.25, -0.2) is 4.98 Å². The van der Waals surface area contributed by atoms with E-state index in [1.807, 2.05) is 13.8 Å². The van der Waals surface area contributed by atoms with E-state index in [1.54, 1.807) is 20.3 Å². The van der Waals surface area contributed by atoms with Gasteiger partial charge >= 0.3 is 0 Å². The van der Waals surface area contributed by atoms with Gasteiger partial charge in [0.05, 0.1) is 18.2 Å². The second-order valence-electron chi connectivity index (χ2n) is 7.11. The number of carbonyl (C=O) groups is 1. The van der Waals surface area contributed by atoms with Crippen LogP contribution in [0.5, 0.6) is 0 Å². The Labute approximate surface area is 138 Å². The highest BCUT2D eigenvalue weighted by molar-refractivity contribution is 5.84. The first kappa shape index (κ1) is 19.0. The fourth-order valence-electron chi connectivity index (χ4n) is 1.84. The topological polar surface area (TPSA) is 91.6 Å². The Balaban J connectivity index is 2.55. The Kier molecular flexibility index (Phi) is 6.18. The van der Waals surface area contributed by atoms with Crippen molar-refractivity contribution in [3.8, 4) is 0 Å². The van der Waals surface area contributed by atoms with E-state index in [9.17, 15) is 4.79 Å². The summed E-state index contributed by atoms with van der Waals surface area (Å²) < 4.78 is 5.72. The Morgan fingerprint density at radius 3 is 2.39 bits per heavy atom. The van der Waals surface area contributed by atoms with Crippen molar-refractivity contribution in [1.82, 2.24) is 20.9 Å². The van der Waals surface area contributed by atoms with Crippen LogP contribution in [0.3, 0.4) is 0 Å². The Morgan fingerprint density at radius 2 is 1.91 bits per heavy atom. The number of nitrogens with zero attached hydrogens (tertiary/aromatic N) is 2. The van der Waals surface area contributed by atoms with Gasteiger partial charge in [0.2, 0.25) is 11.8 Å². The van der Waals surface area contributed by atoms with Gasteiger partial charge in [-0.15, -0.1) is 0 Å². The van der Waals surface area contributed by atoms with Crippen molar-refractivity contribution >= 4 is 11.9 Å². The monoisotopic (exact) mass is 323 g/mol. The fourth-order valence-corrected chi connectivity index (χ4v) is 1.84. The molecule has 1 aromatic heterocycles. The van der Waals surface area contributed by atoms with Gasteiger partial charge in [0, 0.05) is 26.1 Å². The van der Waals surface area contributed by atoms with Crippen LogP contribution in [-0.2, 0) is 16.8 Å². The molecule has 0 fully saturated rings. The number of hydrogen-bond acceptors (Lipinski definition) is 4. The van der Waals surface area contributed by atoms with Gasteiger partial charge < -0.3 is 20.4 Å². The molecule has 0 radical (unpaired) electrons. The van der Waals surface area contributed by atoms with Gasteiger partial charge in [-0.1, -0.05) is 20.8 Å². The van der Waals surface area contributed by atoms with Crippen molar-refractivity contribution in [2.24, 2.45) is 10.4 Å². The number of aromatic nitrogens is 1. The molecule has 130 valence electrons. The van der Waals surface area contributed by atoms with Crippen LogP contribution in [0.1, 0.15) is 46.3 Å². The summed E-state index contributed by atoms with van der Waals surface area (Å²) in [4.78, 5) is 20.2. The van der Waals surface area contributed by atoms with Crippen molar-refractivity contribution in [3.05, 3.63) is 17.8 Å². The number of aliphatic imine (C=N–C) groups is 1. The van der Waals surface area contributed by atoms with E-state index in [0.29, 0.717) is 24.9 Å². The molecule has 0 saturated carbocycles. The average molecular weight is 323 g/mol. The second-order valence-corrected chi connectivity index (χ2v) is 7.11. The third-order valence-electron chi connectivity index (χ3n) is 3.46. The summed E-state index contributed by atoms with van der Waals surface area (Å²) in [6, 6.07) is 0. The number of rotatable bonds is 5. The van der Waals surface area contributed by atoms with Crippen LogP contribution in [0.15, 0.2) is 15.6 Å². The highest BCUT2D eigenvalue weighted by Crippen LogP contribution is 2.22. The molecule has 0 spiro atoms. The molecule has 7 nitrogen and oxygen atoms in total. The largest absolute Gasteiger partial charge is 0.443 e. The van der Waals surface area contributed by atoms with Crippen molar-refractivity contribution in [2.45, 2.75) is 46.6 Å². The van der Waals surface area contributed by atoms with E-state index < -0.39 is 5.41 Å². The van der Waals surface area contributed by atoms with Gasteiger partial charge in [0.25, 0.3) is 0 Å². The molecular weight excluding hydrogens is 294 g/mol. The number of hydrogen-bond donors (Lipinski definition) is 3. The minimum Gasteiger partial charge on any atom is -0.443 e. The molecule has 0 aliphatic rings. The molecule has 1 rings (SSSR count). The minimum absolute atomic E-state index is 0.0250. The van der Waals surface area contributed by atoms with Crippen LogP contribution in [0, 0.1) is 5.41 Å². The number of carbonyl (C=O) groups excluding carboxylic acids is 1. The van der Waals surface area contributed by atoms with Crippen molar-refractivity contribution < 1.29 is 9.21 Å². The predicted octanol–water partition coefficient (Wildman–Crippen LogP) is 1.41. The van der Waals surface area contributed by atoms with Crippen LogP contribution in [-0.4, -0.2) is 37.5 Å². The zero-order valence-corrected chi connectivity index (χ0v) is 15.2. The van der Waals surface area contributed by atoms with Gasteiger partial charge in [-0.05, 0) is 13.8 Å². The summed E-state index contributed by atoms with van der Waals surface area (Å²) >= 11 is 0. The first-order valence-electron chi connectivity index (χ1n) is 7.72. The standard InChI is InChI=1S/C16H29N5O2/c1-15(2,3)11-8-19-12(23-11)9-20-14(18-7)21-10-16(4,5)13(22)17-6/h8H,9-10H2,1-7H3,(H,17,22)(H2,18,20,21). The molecular formula is C16H29N5O2. The molecule has 1 heterocycles. The molecule has 0 unspecified atom stereocenters. The van der Waals surface area contributed by atoms with E-state index >= 15 is 0 Å². The third-order valence-corrected chi connectivity index (χ3v) is 3.46. The number of oxazole rings is 1. The Bertz CT molecular complexity index is 555. The molecule has 1 aromatic rings. The normalized spacial score (nSPS) is 12.9. The zero-order chi connectivity index (χ0) is 17.7. The van der Waals surface area contributed by atoms with E-state index in [1.165, 1.54) is 0 Å². The van der Waals surface area contributed by atoms with E-state index in [4.69, 9.17) is 4.42 Å². The van der Waals surface area contributed by atoms with Crippen molar-refractivity contribution in [1.29, 1.82) is 0 Å². The average Bonchev–Trinajstić information content (AvgIpc) is 2.95. The zero-order valence-electron chi connectivity index (χ0n) is 15.2. The van der Waals surface area contributed by atoms with E-state index in [0.717, 1.165) is 5.76 Å². The number of amides is 1. The van der Waals surface area contributed by atoms with Gasteiger partial charge in [0.15, 0.2) is 5.96 Å². The Hall–Kier alpha value is -2.05. The first-order chi connectivity index (χ1) is 10.6. The summed E-state index contributed by atoms with van der Waals surface area (Å²) in [5.41, 5.74) is -0.600. The SMILES string of the molecule is CN=C(NCc1ncc(C(C)(C)C)o1)NCC(C)(C)C(=O)NC. The van der Waals surface area contributed by atoms with Crippen LogP contribution in [0.25, 0.3) is 0 Å². The van der Waals surface area contributed by atoms with Gasteiger partial charge in [-0.2, -0.15) is 0 Å². The van der Waals surface area contributed by atoms with Crippen LogP contribution < -0.4 is 16.0 Å². The van der Waals surface area contributed by atoms with Crippen LogP contribution >= 0.6 is 0 Å². The number of nitrogens with one attached hydrogen (secondary N) is 3. The lowest BCUT2D eigenvalue weighted by molar-refractivity contribution is -0.128. The first-order valence-corrected chi connectivity index (χ1v) is 7.72. The summed E-state index contributed by atoms with van der Waals surface area (Å²) in [5.74, 6) is 2.02. The second kappa shape index (κ2) is 7.48. The predicted molar refractivity (Wildman–Crippen MR) is 91.3 cm³/mol. The summed E-state index contributed by atoms with van der Waals surface area (Å²) in [5, 5.41) is 8.93. The maximum Gasteiger partial charge on any atom is 0.227 e. The van der Waals surface area contributed by atoms with Gasteiger partial charge in [0.1, 0.15) is 5.76 Å². The lowest BCUT2D eigenvalue weighted by Gasteiger charge is -2.24. The molecule has 7 heteroatoms. The molecule has 0 aliphatic heterocycles. The van der Waals surface area contributed by atoms with Crippen LogP contribution in [0.4, 0.5) is 0 Å². The lowest BCUT2D eigenvalue weighted by Crippen LogP contribution is -2.47. The molecule has 0 aromatic carbocycles. The van der Waals surface area contributed by atoms with Crippen molar-refractivity contribution in [2.75, 3.05) is 20.6 Å². The maximum atomic E-state index is 11.8. The summed E-state index contributed by atoms with van der Waals surface area (Å²) in [6.45, 7) is 10.9. The van der Waals surface area contributed by atoms with Crippen LogP contribution in [0.2, 0.25) is 0 Å². The van der Waals surface area contributed by atoms with Crippen molar-refractivity contribution in [3.63, 3.8) is 0 Å². The smallest absolute Gasteiger partial charge is 0.227 e. The molecule has 0 atom stereocenters. The fraction of sp³-hybridized carbons (Fsp3) is 0.688. The molecule has 0 saturated heterocycles. The highest BCUT2D eigenvalue weighted by Gasteiger charge is 2.26. The lowest BCUT2D eigenvalue weighted by atomic mass is 9.92. The maximum absolute atomic E-state index is 11.8. The third kappa shape index (κ3) is 5.58. The number of guanidine groups is 1. The summed E-state index contributed by atoms with van der Waals surface area (Å²) in [6.07, 6.45) is 1.75. The van der Waals surface area contributed by atoms with Gasteiger partial charge in [-0.3, -0.25) is 9.79 Å². The molecule has 1 amide bonds. The quantitative estimate of drug-likeness (QED) is 0.563. The summed E-state index contributed by atoms with van der Waals surface area (Å²) in [7, 11) is 3.31. The molecule has 23 heavy (non-hydrogen) atoms. The van der Waals surface area contributed by atoms with E-state index in [-0.39, 0.29) is 11.3 Å². The van der Waals surface area contributed by atoms with E-state index in [2.05, 4.69) is 46.7 Å². The highest BCUT2D eigenvalue weighted by atomic mass is 16.4. The molecule has 3 N–H and O–H groups in total. The molecule has 0 aliphatic carbocycles. The Morgan fingerprint density at radius 1 is 1.26 bits per heavy atom.